The standard InChI is InChI=1S/C17H17ClN4O2/c18-12-3-1-2-11(8-12)10-21-6-7-22-15(17(21)24)9-14(20-22)16(23)19-13-4-5-13/h1-3,8-9,13H,4-7,10H2,(H,19,23). The van der Waals surface area contributed by atoms with Gasteiger partial charge in [-0.15, -0.1) is 0 Å². The van der Waals surface area contributed by atoms with Crippen LogP contribution in [0.2, 0.25) is 5.02 Å². The number of fused-ring (bicyclic) bond motifs is 1. The van der Waals surface area contributed by atoms with Crippen molar-refractivity contribution in [3.05, 3.63) is 52.3 Å². The predicted octanol–water partition coefficient (Wildman–Crippen LogP) is 2.08. The number of halogens is 1. The average molecular weight is 345 g/mol. The number of rotatable bonds is 4. The fourth-order valence-corrected chi connectivity index (χ4v) is 3.06. The van der Waals surface area contributed by atoms with E-state index in [2.05, 4.69) is 10.4 Å². The smallest absolute Gasteiger partial charge is 0.272 e. The van der Waals surface area contributed by atoms with Crippen LogP contribution < -0.4 is 5.32 Å². The van der Waals surface area contributed by atoms with Crippen LogP contribution in [0.3, 0.4) is 0 Å². The molecule has 7 heteroatoms. The Kier molecular flexibility index (Phi) is 3.76. The van der Waals surface area contributed by atoms with Crippen LogP contribution in [-0.2, 0) is 13.1 Å². The number of amides is 2. The van der Waals surface area contributed by atoms with Gasteiger partial charge in [0, 0.05) is 30.2 Å². The second kappa shape index (κ2) is 5.94. The minimum absolute atomic E-state index is 0.112. The molecule has 0 radical (unpaired) electrons. The number of nitrogens with zero attached hydrogens (tertiary/aromatic N) is 3. The highest BCUT2D eigenvalue weighted by atomic mass is 35.5. The van der Waals surface area contributed by atoms with Crippen molar-refractivity contribution in [2.45, 2.75) is 32.0 Å². The Bertz CT molecular complexity index is 813. The molecule has 6 nitrogen and oxygen atoms in total. The summed E-state index contributed by atoms with van der Waals surface area (Å²) >= 11 is 6.00. The van der Waals surface area contributed by atoms with Gasteiger partial charge in [-0.3, -0.25) is 14.3 Å². The molecule has 2 amide bonds. The highest BCUT2D eigenvalue weighted by Crippen LogP contribution is 2.21. The third-order valence-electron chi connectivity index (χ3n) is 4.28. The molecule has 0 atom stereocenters. The zero-order chi connectivity index (χ0) is 16.7. The van der Waals surface area contributed by atoms with Gasteiger partial charge in [-0.05, 0) is 30.5 Å². The average Bonchev–Trinajstić information content (AvgIpc) is 3.25. The number of hydrogen-bond acceptors (Lipinski definition) is 3. The summed E-state index contributed by atoms with van der Waals surface area (Å²) < 4.78 is 1.62. The third-order valence-corrected chi connectivity index (χ3v) is 4.51. The van der Waals surface area contributed by atoms with Crippen molar-refractivity contribution in [2.75, 3.05) is 6.54 Å². The number of benzene rings is 1. The topological polar surface area (TPSA) is 67.2 Å². The van der Waals surface area contributed by atoms with Gasteiger partial charge in [0.15, 0.2) is 5.69 Å². The van der Waals surface area contributed by atoms with E-state index in [9.17, 15) is 9.59 Å². The molecule has 0 saturated heterocycles. The lowest BCUT2D eigenvalue weighted by molar-refractivity contribution is 0.0683. The molecule has 1 N–H and O–H groups in total. The van der Waals surface area contributed by atoms with Crippen molar-refractivity contribution >= 4 is 23.4 Å². The quantitative estimate of drug-likeness (QED) is 0.923. The summed E-state index contributed by atoms with van der Waals surface area (Å²) in [7, 11) is 0. The lowest BCUT2D eigenvalue weighted by atomic mass is 10.2. The van der Waals surface area contributed by atoms with E-state index < -0.39 is 0 Å². The zero-order valence-electron chi connectivity index (χ0n) is 13.0. The molecule has 0 bridgehead atoms. The van der Waals surface area contributed by atoms with E-state index in [0.29, 0.717) is 36.0 Å². The Labute approximate surface area is 144 Å². The van der Waals surface area contributed by atoms with E-state index in [1.54, 1.807) is 15.6 Å². The van der Waals surface area contributed by atoms with Gasteiger partial charge in [-0.2, -0.15) is 5.10 Å². The first kappa shape index (κ1) is 15.2. The number of nitrogens with one attached hydrogen (secondary N) is 1. The molecule has 2 aliphatic rings. The molecule has 124 valence electrons. The summed E-state index contributed by atoms with van der Waals surface area (Å²) in [5.41, 5.74) is 1.76. The lowest BCUT2D eigenvalue weighted by Crippen LogP contribution is -2.39. The van der Waals surface area contributed by atoms with E-state index in [0.717, 1.165) is 18.4 Å². The maximum absolute atomic E-state index is 12.7. The first-order chi connectivity index (χ1) is 11.6. The molecule has 24 heavy (non-hydrogen) atoms. The predicted molar refractivity (Wildman–Crippen MR) is 88.9 cm³/mol. The van der Waals surface area contributed by atoms with E-state index >= 15 is 0 Å². The van der Waals surface area contributed by atoms with Crippen molar-refractivity contribution in [1.29, 1.82) is 0 Å². The van der Waals surface area contributed by atoms with Crippen LogP contribution in [0.4, 0.5) is 0 Å². The van der Waals surface area contributed by atoms with Crippen LogP contribution in [0.1, 0.15) is 39.4 Å². The molecular weight excluding hydrogens is 328 g/mol. The summed E-state index contributed by atoms with van der Waals surface area (Å²) in [6, 6.07) is 9.34. The molecule has 2 heterocycles. The highest BCUT2D eigenvalue weighted by Gasteiger charge is 2.30. The van der Waals surface area contributed by atoms with Gasteiger partial charge in [0.25, 0.3) is 11.8 Å². The van der Waals surface area contributed by atoms with E-state index in [-0.39, 0.29) is 17.9 Å². The second-order valence-electron chi connectivity index (χ2n) is 6.24. The molecule has 0 unspecified atom stereocenters. The summed E-state index contributed by atoms with van der Waals surface area (Å²) in [4.78, 5) is 26.5. The summed E-state index contributed by atoms with van der Waals surface area (Å²) in [6.45, 7) is 1.64. The maximum atomic E-state index is 12.7. The van der Waals surface area contributed by atoms with Crippen LogP contribution in [-0.4, -0.2) is 39.1 Å². The minimum atomic E-state index is -0.200. The molecular formula is C17H17ClN4O2. The molecule has 1 aliphatic heterocycles. The van der Waals surface area contributed by atoms with E-state index in [1.165, 1.54) is 0 Å². The Balaban J connectivity index is 1.51. The van der Waals surface area contributed by atoms with Crippen molar-refractivity contribution in [1.82, 2.24) is 20.0 Å². The van der Waals surface area contributed by atoms with Crippen molar-refractivity contribution in [3.8, 4) is 0 Å². The largest absolute Gasteiger partial charge is 0.348 e. The fourth-order valence-electron chi connectivity index (χ4n) is 2.84. The van der Waals surface area contributed by atoms with Crippen molar-refractivity contribution < 1.29 is 9.59 Å². The van der Waals surface area contributed by atoms with Gasteiger partial charge < -0.3 is 10.2 Å². The number of aromatic nitrogens is 2. The van der Waals surface area contributed by atoms with Gasteiger partial charge in [0.2, 0.25) is 0 Å². The molecule has 4 rings (SSSR count). The van der Waals surface area contributed by atoms with Gasteiger partial charge in [-0.25, -0.2) is 0 Å². The van der Waals surface area contributed by atoms with Gasteiger partial charge in [0.1, 0.15) is 5.69 Å². The Morgan fingerprint density at radius 1 is 1.29 bits per heavy atom. The fraction of sp³-hybridized carbons (Fsp3) is 0.353. The minimum Gasteiger partial charge on any atom is -0.348 e. The van der Waals surface area contributed by atoms with Crippen LogP contribution >= 0.6 is 11.6 Å². The number of hydrogen-bond donors (Lipinski definition) is 1. The zero-order valence-corrected chi connectivity index (χ0v) is 13.8. The van der Waals surface area contributed by atoms with Crippen LogP contribution in [0.25, 0.3) is 0 Å². The first-order valence-electron chi connectivity index (χ1n) is 8.02. The molecule has 1 aromatic carbocycles. The van der Waals surface area contributed by atoms with E-state index in [1.807, 2.05) is 24.3 Å². The van der Waals surface area contributed by atoms with Crippen molar-refractivity contribution in [3.63, 3.8) is 0 Å². The Morgan fingerprint density at radius 3 is 2.88 bits per heavy atom. The van der Waals surface area contributed by atoms with E-state index in [4.69, 9.17) is 11.6 Å². The molecule has 1 fully saturated rings. The maximum Gasteiger partial charge on any atom is 0.272 e. The number of carbonyl (C=O) groups is 2. The number of carbonyl (C=O) groups excluding carboxylic acids is 2. The monoisotopic (exact) mass is 344 g/mol. The van der Waals surface area contributed by atoms with Gasteiger partial charge >= 0.3 is 0 Å². The Hall–Kier alpha value is -2.34. The molecule has 1 aliphatic carbocycles. The lowest BCUT2D eigenvalue weighted by Gasteiger charge is -2.27. The Morgan fingerprint density at radius 2 is 2.12 bits per heavy atom. The molecule has 1 saturated carbocycles. The van der Waals surface area contributed by atoms with Crippen LogP contribution in [0, 0.1) is 0 Å². The normalized spacial score (nSPS) is 16.9. The third kappa shape index (κ3) is 3.01. The highest BCUT2D eigenvalue weighted by molar-refractivity contribution is 6.30. The van der Waals surface area contributed by atoms with Gasteiger partial charge in [-0.1, -0.05) is 23.7 Å². The molecule has 1 aromatic heterocycles. The van der Waals surface area contributed by atoms with Crippen LogP contribution in [0.15, 0.2) is 30.3 Å². The molecule has 0 spiro atoms. The molecule has 2 aromatic rings. The second-order valence-corrected chi connectivity index (χ2v) is 6.68. The summed E-state index contributed by atoms with van der Waals surface area (Å²) in [6.07, 6.45) is 2.04. The van der Waals surface area contributed by atoms with Gasteiger partial charge in [0.05, 0.1) is 6.54 Å². The summed E-state index contributed by atoms with van der Waals surface area (Å²) in [5, 5.41) is 7.82. The first-order valence-corrected chi connectivity index (χ1v) is 8.40. The SMILES string of the molecule is O=C(NC1CC1)c1cc2n(n1)CCN(Cc1cccc(Cl)c1)C2=O. The summed E-state index contributed by atoms with van der Waals surface area (Å²) in [5.74, 6) is -0.312. The van der Waals surface area contributed by atoms with Crippen molar-refractivity contribution in [2.24, 2.45) is 0 Å². The van der Waals surface area contributed by atoms with Crippen LogP contribution in [0.5, 0.6) is 0 Å².